The van der Waals surface area contributed by atoms with E-state index in [0.717, 1.165) is 15.8 Å². The third-order valence-electron chi connectivity index (χ3n) is 2.23. The van der Waals surface area contributed by atoms with Gasteiger partial charge in [0.05, 0.1) is 0 Å². The number of nitriles is 1. The molecule has 0 unspecified atom stereocenters. The van der Waals surface area contributed by atoms with Gasteiger partial charge in [-0.1, -0.05) is 15.9 Å². The number of aromatic nitrogens is 1. The van der Waals surface area contributed by atoms with Crippen molar-refractivity contribution >= 4 is 15.9 Å². The number of ether oxygens (including phenoxy) is 1. The van der Waals surface area contributed by atoms with Crippen molar-refractivity contribution in [3.05, 3.63) is 52.3 Å². The van der Waals surface area contributed by atoms with Gasteiger partial charge in [-0.05, 0) is 42.8 Å². The van der Waals surface area contributed by atoms with Crippen molar-refractivity contribution in [3.8, 4) is 17.6 Å². The quantitative estimate of drug-likeness (QED) is 0.844. The lowest BCUT2D eigenvalue weighted by Crippen LogP contribution is -1.92. The van der Waals surface area contributed by atoms with Crippen LogP contribution >= 0.6 is 15.9 Å². The van der Waals surface area contributed by atoms with Gasteiger partial charge in [-0.3, -0.25) is 0 Å². The highest BCUT2D eigenvalue weighted by atomic mass is 79.9. The van der Waals surface area contributed by atoms with E-state index in [1.807, 2.05) is 31.2 Å². The maximum absolute atomic E-state index is 8.91. The molecule has 4 heteroatoms. The Balaban J connectivity index is 2.35. The van der Waals surface area contributed by atoms with E-state index < -0.39 is 0 Å². The van der Waals surface area contributed by atoms with E-state index in [0.29, 0.717) is 5.75 Å². The second-order valence-electron chi connectivity index (χ2n) is 3.47. The molecule has 0 N–H and O–H groups in total. The summed E-state index contributed by atoms with van der Waals surface area (Å²) >= 11 is 3.39. The average molecular weight is 289 g/mol. The second-order valence-corrected chi connectivity index (χ2v) is 4.39. The van der Waals surface area contributed by atoms with Crippen LogP contribution in [0.25, 0.3) is 0 Å². The molecule has 0 saturated heterocycles. The Morgan fingerprint density at radius 3 is 2.82 bits per heavy atom. The minimum atomic E-state index is 0.287. The maximum Gasteiger partial charge on any atom is 0.183 e. The van der Waals surface area contributed by atoms with E-state index in [-0.39, 0.29) is 5.69 Å². The molecular formula is C13H9BrN2O. The number of benzene rings is 1. The summed E-state index contributed by atoms with van der Waals surface area (Å²) < 4.78 is 6.67. The van der Waals surface area contributed by atoms with Gasteiger partial charge in [0.2, 0.25) is 0 Å². The molecule has 0 amide bonds. The molecule has 0 saturated carbocycles. The Hall–Kier alpha value is -1.86. The molecule has 0 fully saturated rings. The first kappa shape index (κ1) is 11.6. The standard InChI is InChI=1S/C13H9BrN2O/c1-9-7-10(14)4-5-12(9)17-13-3-2-6-16-11(13)8-15/h2-7H,1H3. The van der Waals surface area contributed by atoms with Crippen LogP contribution in [0.15, 0.2) is 41.0 Å². The van der Waals surface area contributed by atoms with E-state index in [1.54, 1.807) is 18.3 Å². The van der Waals surface area contributed by atoms with Gasteiger partial charge >= 0.3 is 0 Å². The van der Waals surface area contributed by atoms with Crippen LogP contribution < -0.4 is 4.74 Å². The molecule has 0 aliphatic heterocycles. The molecule has 0 aliphatic rings. The SMILES string of the molecule is Cc1cc(Br)ccc1Oc1cccnc1C#N. The summed E-state index contributed by atoms with van der Waals surface area (Å²) in [6.45, 7) is 1.95. The Morgan fingerprint density at radius 2 is 2.12 bits per heavy atom. The average Bonchev–Trinajstić information content (AvgIpc) is 2.33. The highest BCUT2D eigenvalue weighted by Crippen LogP contribution is 2.28. The molecule has 0 spiro atoms. The first-order valence-corrected chi connectivity index (χ1v) is 5.79. The summed E-state index contributed by atoms with van der Waals surface area (Å²) in [6, 6.07) is 11.2. The number of pyridine rings is 1. The number of hydrogen-bond acceptors (Lipinski definition) is 3. The maximum atomic E-state index is 8.91. The van der Waals surface area contributed by atoms with Gasteiger partial charge in [0.1, 0.15) is 11.8 Å². The normalized spacial score (nSPS) is 9.71. The number of rotatable bonds is 2. The fourth-order valence-electron chi connectivity index (χ4n) is 1.40. The zero-order valence-corrected chi connectivity index (χ0v) is 10.7. The summed E-state index contributed by atoms with van der Waals surface area (Å²) in [4.78, 5) is 3.95. The molecule has 1 heterocycles. The van der Waals surface area contributed by atoms with Gasteiger partial charge in [0.15, 0.2) is 11.4 Å². The van der Waals surface area contributed by atoms with E-state index >= 15 is 0 Å². The fourth-order valence-corrected chi connectivity index (χ4v) is 1.88. The Labute approximate surface area is 108 Å². The lowest BCUT2D eigenvalue weighted by atomic mass is 10.2. The van der Waals surface area contributed by atoms with Gasteiger partial charge < -0.3 is 4.74 Å². The van der Waals surface area contributed by atoms with Crippen LogP contribution in [0.1, 0.15) is 11.3 Å². The molecular weight excluding hydrogens is 280 g/mol. The number of aryl methyl sites for hydroxylation is 1. The fraction of sp³-hybridized carbons (Fsp3) is 0.0769. The molecule has 0 aliphatic carbocycles. The molecule has 1 aromatic carbocycles. The highest BCUT2D eigenvalue weighted by Gasteiger charge is 2.06. The van der Waals surface area contributed by atoms with Crippen molar-refractivity contribution < 1.29 is 4.74 Å². The van der Waals surface area contributed by atoms with Crippen LogP contribution in [0.3, 0.4) is 0 Å². The third-order valence-corrected chi connectivity index (χ3v) is 2.73. The Morgan fingerprint density at radius 1 is 1.29 bits per heavy atom. The Kier molecular flexibility index (Phi) is 3.40. The predicted octanol–water partition coefficient (Wildman–Crippen LogP) is 3.82. The molecule has 1 aromatic heterocycles. The van der Waals surface area contributed by atoms with Crippen molar-refractivity contribution in [2.75, 3.05) is 0 Å². The van der Waals surface area contributed by atoms with Crippen molar-refractivity contribution in [1.82, 2.24) is 4.98 Å². The summed E-state index contributed by atoms with van der Waals surface area (Å²) in [5.74, 6) is 1.19. The van der Waals surface area contributed by atoms with Crippen molar-refractivity contribution in [2.45, 2.75) is 6.92 Å². The minimum Gasteiger partial charge on any atom is -0.454 e. The topological polar surface area (TPSA) is 45.9 Å². The molecule has 17 heavy (non-hydrogen) atoms. The molecule has 84 valence electrons. The van der Waals surface area contributed by atoms with E-state index in [1.165, 1.54) is 0 Å². The van der Waals surface area contributed by atoms with Crippen molar-refractivity contribution in [3.63, 3.8) is 0 Å². The van der Waals surface area contributed by atoms with E-state index in [2.05, 4.69) is 20.9 Å². The number of hydrogen-bond donors (Lipinski definition) is 0. The minimum absolute atomic E-state index is 0.287. The Bertz CT molecular complexity index is 590. The number of nitrogens with zero attached hydrogens (tertiary/aromatic N) is 2. The summed E-state index contributed by atoms with van der Waals surface area (Å²) in [7, 11) is 0. The van der Waals surface area contributed by atoms with Gasteiger partial charge in [-0.2, -0.15) is 5.26 Å². The van der Waals surface area contributed by atoms with Crippen LogP contribution in [0, 0.1) is 18.3 Å². The zero-order valence-electron chi connectivity index (χ0n) is 9.14. The lowest BCUT2D eigenvalue weighted by molar-refractivity contribution is 0.474. The van der Waals surface area contributed by atoms with Crippen LogP contribution in [0.4, 0.5) is 0 Å². The van der Waals surface area contributed by atoms with E-state index in [4.69, 9.17) is 10.00 Å². The number of halogens is 1. The van der Waals surface area contributed by atoms with Crippen LogP contribution in [-0.4, -0.2) is 4.98 Å². The molecule has 0 radical (unpaired) electrons. The van der Waals surface area contributed by atoms with Crippen LogP contribution in [-0.2, 0) is 0 Å². The summed E-state index contributed by atoms with van der Waals surface area (Å²) in [5.41, 5.74) is 1.28. The summed E-state index contributed by atoms with van der Waals surface area (Å²) in [5, 5.41) is 8.91. The van der Waals surface area contributed by atoms with E-state index in [9.17, 15) is 0 Å². The molecule has 2 aromatic rings. The first-order chi connectivity index (χ1) is 8.20. The third kappa shape index (κ3) is 2.63. The smallest absolute Gasteiger partial charge is 0.183 e. The lowest BCUT2D eigenvalue weighted by Gasteiger charge is -2.09. The van der Waals surface area contributed by atoms with Gasteiger partial charge in [-0.15, -0.1) is 0 Å². The summed E-state index contributed by atoms with van der Waals surface area (Å²) in [6.07, 6.45) is 1.57. The molecule has 3 nitrogen and oxygen atoms in total. The highest BCUT2D eigenvalue weighted by molar-refractivity contribution is 9.10. The zero-order chi connectivity index (χ0) is 12.3. The molecule has 2 rings (SSSR count). The van der Waals surface area contributed by atoms with Crippen LogP contribution in [0.5, 0.6) is 11.5 Å². The van der Waals surface area contributed by atoms with Gasteiger partial charge in [0, 0.05) is 10.7 Å². The van der Waals surface area contributed by atoms with Crippen LogP contribution in [0.2, 0.25) is 0 Å². The van der Waals surface area contributed by atoms with Gasteiger partial charge in [0.25, 0.3) is 0 Å². The second kappa shape index (κ2) is 4.98. The molecule has 0 bridgehead atoms. The largest absolute Gasteiger partial charge is 0.454 e. The van der Waals surface area contributed by atoms with Crippen molar-refractivity contribution in [1.29, 1.82) is 5.26 Å². The molecule has 0 atom stereocenters. The first-order valence-electron chi connectivity index (χ1n) is 5.00. The van der Waals surface area contributed by atoms with Gasteiger partial charge in [-0.25, -0.2) is 4.98 Å². The monoisotopic (exact) mass is 288 g/mol. The predicted molar refractivity (Wildman–Crippen MR) is 67.9 cm³/mol. The van der Waals surface area contributed by atoms with Crippen molar-refractivity contribution in [2.24, 2.45) is 0 Å².